The fraction of sp³-hybridized carbons (Fsp3) is 0.316. The van der Waals surface area contributed by atoms with Crippen molar-refractivity contribution in [2.24, 2.45) is 0 Å². The van der Waals surface area contributed by atoms with E-state index in [1.165, 1.54) is 14.0 Å². The van der Waals surface area contributed by atoms with Crippen molar-refractivity contribution in [1.29, 1.82) is 0 Å². The first kappa shape index (κ1) is 22.3. The SMILES string of the molecule is C=CCOc1c(I)cc(/C=C2/SC(=O)N([C@H](C)C(=O)OC)C2=O)cc1OCC. The first-order chi connectivity index (χ1) is 13.3. The van der Waals surface area contributed by atoms with Gasteiger partial charge in [-0.05, 0) is 72.0 Å². The topological polar surface area (TPSA) is 82.1 Å². The van der Waals surface area contributed by atoms with Gasteiger partial charge in [-0.2, -0.15) is 0 Å². The molecule has 1 saturated heterocycles. The van der Waals surface area contributed by atoms with E-state index in [4.69, 9.17) is 9.47 Å². The molecule has 0 radical (unpaired) electrons. The Kier molecular flexibility index (Phi) is 7.93. The highest BCUT2D eigenvalue weighted by Crippen LogP contribution is 2.38. The summed E-state index contributed by atoms with van der Waals surface area (Å²) < 4.78 is 16.7. The number of rotatable bonds is 8. The Labute approximate surface area is 181 Å². The van der Waals surface area contributed by atoms with Crippen LogP contribution in [-0.2, 0) is 14.3 Å². The van der Waals surface area contributed by atoms with Gasteiger partial charge in [0.05, 0.1) is 22.2 Å². The van der Waals surface area contributed by atoms with E-state index < -0.39 is 23.2 Å². The molecule has 7 nitrogen and oxygen atoms in total. The third-order valence-corrected chi connectivity index (χ3v) is 5.41. The standard InChI is InChI=1S/C19H20INO6S/c1-5-7-27-16-13(20)8-12(9-14(16)26-6-2)10-15-17(22)21(19(24)28-15)11(3)18(23)25-4/h5,8-11H,1,6-7H2,2-4H3/b15-10+/t11-/m1/s1. The Morgan fingerprint density at radius 2 is 2.07 bits per heavy atom. The smallest absolute Gasteiger partial charge is 0.328 e. The van der Waals surface area contributed by atoms with Gasteiger partial charge in [0.2, 0.25) is 0 Å². The van der Waals surface area contributed by atoms with E-state index in [0.29, 0.717) is 30.3 Å². The maximum absolute atomic E-state index is 12.6. The number of ether oxygens (including phenoxy) is 3. The van der Waals surface area contributed by atoms with E-state index in [1.807, 2.05) is 13.0 Å². The molecule has 1 atom stereocenters. The molecule has 2 rings (SSSR count). The zero-order valence-corrected chi connectivity index (χ0v) is 18.7. The van der Waals surface area contributed by atoms with Crippen LogP contribution in [0.15, 0.2) is 29.7 Å². The predicted molar refractivity (Wildman–Crippen MR) is 115 cm³/mol. The number of imide groups is 1. The van der Waals surface area contributed by atoms with E-state index in [9.17, 15) is 14.4 Å². The van der Waals surface area contributed by atoms with Crippen LogP contribution in [0.4, 0.5) is 4.79 Å². The molecule has 0 spiro atoms. The molecule has 0 saturated carbocycles. The summed E-state index contributed by atoms with van der Waals surface area (Å²) in [4.78, 5) is 37.7. The molecule has 1 heterocycles. The molecule has 0 N–H and O–H groups in total. The molecule has 9 heteroatoms. The van der Waals surface area contributed by atoms with Gasteiger partial charge in [0, 0.05) is 0 Å². The maximum atomic E-state index is 12.6. The Morgan fingerprint density at radius 1 is 1.36 bits per heavy atom. The number of halogens is 1. The van der Waals surface area contributed by atoms with Crippen LogP contribution < -0.4 is 9.47 Å². The Balaban J connectivity index is 2.36. The highest BCUT2D eigenvalue weighted by Gasteiger charge is 2.41. The Morgan fingerprint density at radius 3 is 2.68 bits per heavy atom. The molecular formula is C19H20INO6S. The lowest BCUT2D eigenvalue weighted by Crippen LogP contribution is -2.42. The van der Waals surface area contributed by atoms with E-state index in [-0.39, 0.29) is 4.91 Å². The number of thioether (sulfide) groups is 1. The van der Waals surface area contributed by atoms with Crippen molar-refractivity contribution in [2.75, 3.05) is 20.3 Å². The second-order valence-corrected chi connectivity index (χ2v) is 7.77. The van der Waals surface area contributed by atoms with Gasteiger partial charge in [-0.15, -0.1) is 0 Å². The lowest BCUT2D eigenvalue weighted by Gasteiger charge is -2.18. The second-order valence-electron chi connectivity index (χ2n) is 5.61. The molecule has 1 aromatic rings. The van der Waals surface area contributed by atoms with Gasteiger partial charge in [0.25, 0.3) is 11.1 Å². The number of carbonyl (C=O) groups excluding carboxylic acids is 3. The minimum absolute atomic E-state index is 0.221. The van der Waals surface area contributed by atoms with Gasteiger partial charge in [-0.3, -0.25) is 14.5 Å². The van der Waals surface area contributed by atoms with Crippen molar-refractivity contribution < 1.29 is 28.6 Å². The molecule has 0 aromatic heterocycles. The number of carbonyl (C=O) groups is 3. The van der Waals surface area contributed by atoms with Gasteiger partial charge in [-0.1, -0.05) is 12.7 Å². The van der Waals surface area contributed by atoms with Crippen molar-refractivity contribution in [3.63, 3.8) is 0 Å². The van der Waals surface area contributed by atoms with Crippen LogP contribution in [0.5, 0.6) is 11.5 Å². The van der Waals surface area contributed by atoms with Crippen LogP contribution in [0.2, 0.25) is 0 Å². The molecule has 0 bridgehead atoms. The second kappa shape index (κ2) is 9.97. The van der Waals surface area contributed by atoms with E-state index in [0.717, 1.165) is 20.2 Å². The van der Waals surface area contributed by atoms with Crippen LogP contribution in [0, 0.1) is 3.57 Å². The number of amides is 2. The number of hydrogen-bond donors (Lipinski definition) is 0. The van der Waals surface area contributed by atoms with Gasteiger partial charge in [0.1, 0.15) is 12.6 Å². The van der Waals surface area contributed by atoms with E-state index >= 15 is 0 Å². The average Bonchev–Trinajstić information content (AvgIpc) is 2.93. The van der Waals surface area contributed by atoms with Crippen molar-refractivity contribution in [2.45, 2.75) is 19.9 Å². The molecule has 150 valence electrons. The van der Waals surface area contributed by atoms with Crippen molar-refractivity contribution in [1.82, 2.24) is 4.90 Å². The molecule has 0 unspecified atom stereocenters. The largest absolute Gasteiger partial charge is 0.490 e. The quantitative estimate of drug-likeness (QED) is 0.224. The number of methoxy groups -OCH3 is 1. The Hall–Kier alpha value is -2.01. The highest BCUT2D eigenvalue weighted by molar-refractivity contribution is 14.1. The molecule has 1 aromatic carbocycles. The fourth-order valence-electron chi connectivity index (χ4n) is 2.46. The van der Waals surface area contributed by atoms with Crippen molar-refractivity contribution in [3.05, 3.63) is 38.8 Å². The molecule has 1 aliphatic heterocycles. The van der Waals surface area contributed by atoms with Crippen LogP contribution >= 0.6 is 34.4 Å². The zero-order chi connectivity index (χ0) is 20.8. The summed E-state index contributed by atoms with van der Waals surface area (Å²) in [6.07, 6.45) is 3.23. The van der Waals surface area contributed by atoms with Gasteiger partial charge >= 0.3 is 5.97 Å². The summed E-state index contributed by atoms with van der Waals surface area (Å²) in [6, 6.07) is 2.57. The summed E-state index contributed by atoms with van der Waals surface area (Å²) >= 11 is 2.90. The minimum Gasteiger partial charge on any atom is -0.490 e. The van der Waals surface area contributed by atoms with Gasteiger partial charge in [-0.25, -0.2) is 4.79 Å². The summed E-state index contributed by atoms with van der Waals surface area (Å²) in [5, 5.41) is -0.514. The van der Waals surface area contributed by atoms with E-state index in [2.05, 4.69) is 33.9 Å². The van der Waals surface area contributed by atoms with Gasteiger partial charge in [0.15, 0.2) is 11.5 Å². The zero-order valence-electron chi connectivity index (χ0n) is 15.7. The highest BCUT2D eigenvalue weighted by atomic mass is 127. The maximum Gasteiger partial charge on any atom is 0.328 e. The van der Waals surface area contributed by atoms with E-state index in [1.54, 1.807) is 18.2 Å². The Bertz CT molecular complexity index is 838. The molecule has 2 amide bonds. The summed E-state index contributed by atoms with van der Waals surface area (Å²) in [5.74, 6) is -0.0649. The lowest BCUT2D eigenvalue weighted by molar-refractivity contribution is -0.148. The van der Waals surface area contributed by atoms with Gasteiger partial charge < -0.3 is 14.2 Å². The van der Waals surface area contributed by atoms with Crippen LogP contribution in [-0.4, -0.2) is 48.4 Å². The molecule has 28 heavy (non-hydrogen) atoms. The lowest BCUT2D eigenvalue weighted by atomic mass is 10.1. The van der Waals surface area contributed by atoms with Crippen LogP contribution in [0.25, 0.3) is 6.08 Å². The molecule has 0 aliphatic carbocycles. The summed E-state index contributed by atoms with van der Waals surface area (Å²) in [6.45, 7) is 7.72. The monoisotopic (exact) mass is 517 g/mol. The third kappa shape index (κ3) is 4.88. The first-order valence-corrected chi connectivity index (χ1v) is 10.3. The molecule has 1 aliphatic rings. The minimum atomic E-state index is -0.989. The van der Waals surface area contributed by atoms with Crippen molar-refractivity contribution in [3.8, 4) is 11.5 Å². The summed E-state index contributed by atoms with van der Waals surface area (Å²) in [7, 11) is 1.21. The van der Waals surface area contributed by atoms with Crippen LogP contribution in [0.3, 0.4) is 0 Å². The predicted octanol–water partition coefficient (Wildman–Crippen LogP) is 3.85. The first-order valence-electron chi connectivity index (χ1n) is 8.38. The van der Waals surface area contributed by atoms with Crippen molar-refractivity contribution >= 4 is 57.5 Å². The fourth-order valence-corrected chi connectivity index (χ4v) is 4.15. The van der Waals surface area contributed by atoms with Crippen LogP contribution in [0.1, 0.15) is 19.4 Å². The molecular weight excluding hydrogens is 497 g/mol. The molecule has 1 fully saturated rings. The summed E-state index contributed by atoms with van der Waals surface area (Å²) in [5.41, 5.74) is 0.676. The number of nitrogens with zero attached hydrogens (tertiary/aromatic N) is 1. The number of benzene rings is 1. The normalized spacial score (nSPS) is 16.3. The average molecular weight is 517 g/mol. The number of esters is 1. The number of hydrogen-bond acceptors (Lipinski definition) is 7. The third-order valence-electron chi connectivity index (χ3n) is 3.73.